The number of H-pyrrole nitrogens is 1. The summed E-state index contributed by atoms with van der Waals surface area (Å²) in [6.45, 7) is 0.523. The number of amides is 1. The molecule has 0 bridgehead atoms. The number of hydrogen-bond acceptors (Lipinski definition) is 3. The van der Waals surface area contributed by atoms with Crippen molar-refractivity contribution in [2.75, 3.05) is 13.7 Å². The molecule has 2 N–H and O–H groups in total. The van der Waals surface area contributed by atoms with E-state index >= 15 is 0 Å². The summed E-state index contributed by atoms with van der Waals surface area (Å²) in [6, 6.07) is 15.4. The summed E-state index contributed by atoms with van der Waals surface area (Å²) in [5, 5.41) is 2.86. The number of aromatic amines is 1. The molecule has 5 heteroatoms. The normalized spacial score (nSPS) is 11.0. The molecular weight excluding hydrogens is 302 g/mol. The first-order valence-electron chi connectivity index (χ1n) is 7.79. The molecule has 0 spiro atoms. The second-order valence-electron chi connectivity index (χ2n) is 5.32. The fourth-order valence-electron chi connectivity index (χ4n) is 2.46. The van der Waals surface area contributed by atoms with E-state index in [4.69, 9.17) is 4.74 Å². The number of carbonyl (C=O) groups excluding carboxylic acids is 1. The van der Waals surface area contributed by atoms with Crippen molar-refractivity contribution < 1.29 is 9.53 Å². The number of imidazole rings is 1. The molecule has 1 amide bonds. The molecule has 3 rings (SSSR count). The molecule has 0 aliphatic rings. The standard InChI is InChI=1S/C19H19N3O2/c1-24-17-9-5-2-6-14(17)10-11-19(23)20-13-12-18-21-15-7-3-4-8-16(15)22-18/h2-11H,12-13H2,1H3,(H,20,23)(H,21,22)/b11-10+. The van der Waals surface area contributed by atoms with Crippen molar-refractivity contribution in [1.29, 1.82) is 0 Å². The number of nitrogens with one attached hydrogen (secondary N) is 2. The van der Waals surface area contributed by atoms with Crippen LogP contribution in [-0.4, -0.2) is 29.5 Å². The van der Waals surface area contributed by atoms with Gasteiger partial charge in [0.15, 0.2) is 0 Å². The van der Waals surface area contributed by atoms with Crippen molar-refractivity contribution >= 4 is 23.0 Å². The first kappa shape index (κ1) is 15.8. The summed E-state index contributed by atoms with van der Waals surface area (Å²) < 4.78 is 5.25. The van der Waals surface area contributed by atoms with Crippen LogP contribution in [0.1, 0.15) is 11.4 Å². The Bertz CT molecular complexity index is 835. The molecule has 0 saturated carbocycles. The van der Waals surface area contributed by atoms with E-state index < -0.39 is 0 Å². The largest absolute Gasteiger partial charge is 0.496 e. The van der Waals surface area contributed by atoms with Gasteiger partial charge in [0.25, 0.3) is 0 Å². The zero-order valence-corrected chi connectivity index (χ0v) is 13.5. The predicted molar refractivity (Wildman–Crippen MR) is 94.8 cm³/mol. The van der Waals surface area contributed by atoms with Gasteiger partial charge >= 0.3 is 0 Å². The average molecular weight is 321 g/mol. The Morgan fingerprint density at radius 1 is 1.21 bits per heavy atom. The van der Waals surface area contributed by atoms with E-state index in [2.05, 4.69) is 15.3 Å². The molecule has 2 aromatic carbocycles. The molecule has 0 aliphatic heterocycles. The first-order chi connectivity index (χ1) is 11.8. The third-order valence-electron chi connectivity index (χ3n) is 3.65. The molecule has 5 nitrogen and oxygen atoms in total. The van der Waals surface area contributed by atoms with Gasteiger partial charge in [-0.25, -0.2) is 4.98 Å². The van der Waals surface area contributed by atoms with Crippen LogP contribution in [0.2, 0.25) is 0 Å². The minimum atomic E-state index is -0.142. The fourth-order valence-corrected chi connectivity index (χ4v) is 2.46. The Labute approximate surface area is 140 Å². The number of nitrogens with zero attached hydrogens (tertiary/aromatic N) is 1. The zero-order valence-electron chi connectivity index (χ0n) is 13.5. The van der Waals surface area contributed by atoms with E-state index in [9.17, 15) is 4.79 Å². The molecule has 24 heavy (non-hydrogen) atoms. The number of carbonyl (C=O) groups is 1. The maximum absolute atomic E-state index is 11.9. The highest BCUT2D eigenvalue weighted by atomic mass is 16.5. The van der Waals surface area contributed by atoms with Gasteiger partial charge < -0.3 is 15.0 Å². The van der Waals surface area contributed by atoms with Gasteiger partial charge in [0.1, 0.15) is 11.6 Å². The molecule has 122 valence electrons. The molecular formula is C19H19N3O2. The number of hydrogen-bond donors (Lipinski definition) is 2. The SMILES string of the molecule is COc1ccccc1/C=C/C(=O)NCCc1nc2ccccc2[nH]1. The van der Waals surface area contributed by atoms with Crippen LogP contribution in [0.25, 0.3) is 17.1 Å². The molecule has 0 aliphatic carbocycles. The smallest absolute Gasteiger partial charge is 0.244 e. The van der Waals surface area contributed by atoms with E-state index in [1.807, 2.05) is 48.5 Å². The van der Waals surface area contributed by atoms with Crippen molar-refractivity contribution in [2.24, 2.45) is 0 Å². The lowest BCUT2D eigenvalue weighted by atomic mass is 10.2. The van der Waals surface area contributed by atoms with Gasteiger partial charge in [-0.15, -0.1) is 0 Å². The first-order valence-corrected chi connectivity index (χ1v) is 7.79. The lowest BCUT2D eigenvalue weighted by Crippen LogP contribution is -2.23. The van der Waals surface area contributed by atoms with Gasteiger partial charge in [0.05, 0.1) is 18.1 Å². The monoisotopic (exact) mass is 321 g/mol. The van der Waals surface area contributed by atoms with Crippen molar-refractivity contribution in [3.63, 3.8) is 0 Å². The number of fused-ring (bicyclic) bond motifs is 1. The van der Waals surface area contributed by atoms with E-state index in [1.165, 1.54) is 6.08 Å². The maximum atomic E-state index is 11.9. The molecule has 1 aromatic heterocycles. The highest BCUT2D eigenvalue weighted by Gasteiger charge is 2.03. The van der Waals surface area contributed by atoms with E-state index in [0.29, 0.717) is 13.0 Å². The van der Waals surface area contributed by atoms with Crippen molar-refractivity contribution in [2.45, 2.75) is 6.42 Å². The zero-order chi connectivity index (χ0) is 16.8. The number of benzene rings is 2. The number of ether oxygens (including phenoxy) is 1. The van der Waals surface area contributed by atoms with Crippen LogP contribution in [0.5, 0.6) is 5.75 Å². The van der Waals surface area contributed by atoms with Gasteiger partial charge in [-0.05, 0) is 24.3 Å². The molecule has 0 saturated heterocycles. The number of para-hydroxylation sites is 3. The Morgan fingerprint density at radius 2 is 2.00 bits per heavy atom. The van der Waals surface area contributed by atoms with Crippen LogP contribution in [0, 0.1) is 0 Å². The fraction of sp³-hybridized carbons (Fsp3) is 0.158. The van der Waals surface area contributed by atoms with E-state index in [-0.39, 0.29) is 5.91 Å². The molecule has 0 unspecified atom stereocenters. The third-order valence-corrected chi connectivity index (χ3v) is 3.65. The average Bonchev–Trinajstić information content (AvgIpc) is 3.03. The Balaban J connectivity index is 1.53. The van der Waals surface area contributed by atoms with Crippen molar-refractivity contribution in [3.05, 3.63) is 66.0 Å². The summed E-state index contributed by atoms with van der Waals surface area (Å²) in [5.41, 5.74) is 2.82. The summed E-state index contributed by atoms with van der Waals surface area (Å²) in [7, 11) is 1.61. The lowest BCUT2D eigenvalue weighted by molar-refractivity contribution is -0.116. The summed E-state index contributed by atoms with van der Waals surface area (Å²) >= 11 is 0. The quantitative estimate of drug-likeness (QED) is 0.686. The number of aromatic nitrogens is 2. The minimum Gasteiger partial charge on any atom is -0.496 e. The maximum Gasteiger partial charge on any atom is 0.244 e. The van der Waals surface area contributed by atoms with Gasteiger partial charge in [-0.3, -0.25) is 4.79 Å². The van der Waals surface area contributed by atoms with E-state index in [1.54, 1.807) is 13.2 Å². The summed E-state index contributed by atoms with van der Waals surface area (Å²) in [5.74, 6) is 1.46. The van der Waals surface area contributed by atoms with Gasteiger partial charge in [0, 0.05) is 24.6 Å². The van der Waals surface area contributed by atoms with Crippen LogP contribution in [-0.2, 0) is 11.2 Å². The van der Waals surface area contributed by atoms with E-state index in [0.717, 1.165) is 28.2 Å². The van der Waals surface area contributed by atoms with Crippen LogP contribution < -0.4 is 10.1 Å². The van der Waals surface area contributed by atoms with Gasteiger partial charge in [-0.2, -0.15) is 0 Å². The van der Waals surface area contributed by atoms with Crippen LogP contribution in [0.3, 0.4) is 0 Å². The summed E-state index contributed by atoms with van der Waals surface area (Å²) in [4.78, 5) is 19.6. The van der Waals surface area contributed by atoms with Crippen molar-refractivity contribution in [1.82, 2.24) is 15.3 Å². The van der Waals surface area contributed by atoms with Crippen LogP contribution >= 0.6 is 0 Å². The topological polar surface area (TPSA) is 67.0 Å². The lowest BCUT2D eigenvalue weighted by Gasteiger charge is -2.03. The number of rotatable bonds is 6. The Kier molecular flexibility index (Phi) is 4.91. The van der Waals surface area contributed by atoms with Crippen LogP contribution in [0.15, 0.2) is 54.6 Å². The second-order valence-corrected chi connectivity index (χ2v) is 5.32. The predicted octanol–water partition coefficient (Wildman–Crippen LogP) is 2.94. The highest BCUT2D eigenvalue weighted by Crippen LogP contribution is 2.18. The molecule has 3 aromatic rings. The van der Waals surface area contributed by atoms with Gasteiger partial charge in [0.2, 0.25) is 5.91 Å². The van der Waals surface area contributed by atoms with Gasteiger partial charge in [-0.1, -0.05) is 30.3 Å². The highest BCUT2D eigenvalue weighted by molar-refractivity contribution is 5.92. The Morgan fingerprint density at radius 3 is 2.83 bits per heavy atom. The molecule has 0 radical (unpaired) electrons. The summed E-state index contributed by atoms with van der Waals surface area (Å²) in [6.07, 6.45) is 3.91. The Hall–Kier alpha value is -3.08. The number of methoxy groups -OCH3 is 1. The molecule has 0 fully saturated rings. The van der Waals surface area contributed by atoms with Crippen LogP contribution in [0.4, 0.5) is 0 Å². The van der Waals surface area contributed by atoms with Crippen molar-refractivity contribution in [3.8, 4) is 5.75 Å². The third kappa shape index (κ3) is 3.81. The molecule has 1 heterocycles. The second kappa shape index (κ2) is 7.46. The minimum absolute atomic E-state index is 0.142. The molecule has 0 atom stereocenters.